The van der Waals surface area contributed by atoms with Crippen LogP contribution in [0.1, 0.15) is 34.5 Å². The fourth-order valence-corrected chi connectivity index (χ4v) is 10.6. The van der Waals surface area contributed by atoms with Gasteiger partial charge < -0.3 is 9.47 Å². The molecule has 54 heavy (non-hydrogen) atoms. The van der Waals surface area contributed by atoms with Gasteiger partial charge in [0, 0.05) is 33.3 Å². The maximum absolute atomic E-state index is 5.49. The third-order valence-corrected chi connectivity index (χ3v) is 12.6. The van der Waals surface area contributed by atoms with Crippen LogP contribution in [0.5, 0.6) is 0 Å². The first-order valence-electron chi connectivity index (χ1n) is 18.9. The Hall–Kier alpha value is -6.91. The largest absolute Gasteiger partial charge is 0.332 e. The number of anilines is 2. The van der Waals surface area contributed by atoms with Crippen molar-refractivity contribution in [2.75, 3.05) is 4.90 Å². The molecule has 2 aromatic heterocycles. The van der Waals surface area contributed by atoms with Crippen molar-refractivity contribution in [3.63, 3.8) is 0 Å². The van der Waals surface area contributed by atoms with Gasteiger partial charge in [-0.15, -0.1) is 0 Å². The molecule has 0 bridgehead atoms. The Balaban J connectivity index is 1.12. The highest BCUT2D eigenvalue weighted by Gasteiger charge is 2.55. The lowest BCUT2D eigenvalue weighted by Crippen LogP contribution is -2.29. The second-order valence-electron chi connectivity index (χ2n) is 15.0. The fourth-order valence-electron chi connectivity index (χ4n) is 10.6. The van der Waals surface area contributed by atoms with E-state index in [2.05, 4.69) is 190 Å². The van der Waals surface area contributed by atoms with Crippen LogP contribution in [0.2, 0.25) is 0 Å². The van der Waals surface area contributed by atoms with Gasteiger partial charge in [-0.1, -0.05) is 121 Å². The Labute approximate surface area is 312 Å². The second kappa shape index (κ2) is 10.1. The molecular weight excluding hydrogens is 657 g/mol. The average molecular weight is 689 g/mol. The number of hydrogen-bond acceptors (Lipinski definition) is 2. The van der Waals surface area contributed by atoms with E-state index < -0.39 is 5.41 Å². The summed E-state index contributed by atoms with van der Waals surface area (Å²) in [6.07, 6.45) is 7.87. The van der Waals surface area contributed by atoms with Gasteiger partial charge in [-0.3, -0.25) is 4.57 Å². The number of hydrogen-bond donors (Lipinski definition) is 0. The number of aromatic nitrogens is 3. The lowest BCUT2D eigenvalue weighted by molar-refractivity contribution is 0.737. The van der Waals surface area contributed by atoms with Crippen LogP contribution in [0.25, 0.3) is 60.9 Å². The van der Waals surface area contributed by atoms with Gasteiger partial charge in [0.25, 0.3) is 0 Å². The molecule has 4 nitrogen and oxygen atoms in total. The molecule has 1 spiro atoms. The first kappa shape index (κ1) is 28.6. The summed E-state index contributed by atoms with van der Waals surface area (Å²) in [5.74, 6) is 1.07. The number of para-hydroxylation sites is 5. The minimum atomic E-state index is -0.547. The van der Waals surface area contributed by atoms with Crippen LogP contribution in [0.4, 0.5) is 11.4 Å². The molecule has 13 rings (SSSR count). The van der Waals surface area contributed by atoms with Gasteiger partial charge >= 0.3 is 0 Å². The average Bonchev–Trinajstić information content (AvgIpc) is 4.01. The quantitative estimate of drug-likeness (QED) is 0.181. The fraction of sp³-hybridized carbons (Fsp3) is 0.0600. The summed E-state index contributed by atoms with van der Waals surface area (Å²) in [6.45, 7) is 0. The van der Waals surface area contributed by atoms with E-state index in [1.54, 1.807) is 0 Å². The van der Waals surface area contributed by atoms with Crippen molar-refractivity contribution in [1.29, 1.82) is 0 Å². The first-order chi connectivity index (χ1) is 26.8. The molecule has 4 heterocycles. The second-order valence-corrected chi connectivity index (χ2v) is 15.0. The predicted octanol–water partition coefficient (Wildman–Crippen LogP) is 11.7. The molecular formula is C50H32N4. The third kappa shape index (κ3) is 3.34. The van der Waals surface area contributed by atoms with Crippen molar-refractivity contribution in [3.05, 3.63) is 204 Å². The minimum absolute atomic E-state index is 0.184. The van der Waals surface area contributed by atoms with Gasteiger partial charge in [-0.05, 0) is 88.8 Å². The van der Waals surface area contributed by atoms with Crippen molar-refractivity contribution >= 4 is 49.8 Å². The number of benzene rings is 7. The summed E-state index contributed by atoms with van der Waals surface area (Å²) < 4.78 is 4.86. The van der Waals surface area contributed by atoms with E-state index in [1.807, 2.05) is 0 Å². The van der Waals surface area contributed by atoms with Gasteiger partial charge in [0.05, 0.1) is 39.5 Å². The van der Waals surface area contributed by atoms with Crippen LogP contribution in [0.3, 0.4) is 0 Å². The summed E-state index contributed by atoms with van der Waals surface area (Å²) in [5, 5.41) is 2.56. The molecule has 4 heteroatoms. The van der Waals surface area contributed by atoms with Crippen LogP contribution in [-0.2, 0) is 5.41 Å². The van der Waals surface area contributed by atoms with Gasteiger partial charge in [0.2, 0.25) is 0 Å². The Bertz CT molecular complexity index is 3160. The highest BCUT2D eigenvalue weighted by atomic mass is 15.2. The number of nitrogens with zero attached hydrogens (tertiary/aromatic N) is 4. The highest BCUT2D eigenvalue weighted by molar-refractivity contribution is 6.13. The van der Waals surface area contributed by atoms with E-state index in [0.29, 0.717) is 0 Å². The van der Waals surface area contributed by atoms with E-state index in [0.717, 1.165) is 23.3 Å². The lowest BCUT2D eigenvalue weighted by atomic mass is 9.73. The number of rotatable bonds is 2. The molecule has 252 valence electrons. The van der Waals surface area contributed by atoms with Crippen molar-refractivity contribution in [3.8, 4) is 22.5 Å². The standard InChI is InChI=1S/C50H32N4/c1-2-15-31(16-3-1)52-41-24-10-5-17-32(41)35-29-36-33-18-6-11-25-42(33)53(47(36)30-46(35)52)45-28-14-22-39-48(45)34-19-4-7-20-37(34)50(39)38-21-8-12-26-43(38)54-44-27-13-9-23-40(44)51-49(50)54/h1-24,26-30,42H,25H2. The Kier molecular flexibility index (Phi) is 5.38. The number of fused-ring (bicyclic) bond motifs is 18. The van der Waals surface area contributed by atoms with E-state index in [9.17, 15) is 0 Å². The van der Waals surface area contributed by atoms with Crippen LogP contribution >= 0.6 is 0 Å². The predicted molar refractivity (Wildman–Crippen MR) is 220 cm³/mol. The summed E-state index contributed by atoms with van der Waals surface area (Å²) >= 11 is 0. The molecule has 4 aliphatic rings. The van der Waals surface area contributed by atoms with E-state index >= 15 is 0 Å². The van der Waals surface area contributed by atoms with Crippen LogP contribution in [0, 0.1) is 0 Å². The molecule has 0 radical (unpaired) electrons. The summed E-state index contributed by atoms with van der Waals surface area (Å²) in [4.78, 5) is 8.15. The molecule has 2 atom stereocenters. The molecule has 0 saturated carbocycles. The number of allylic oxidation sites excluding steroid dienone is 2. The zero-order chi connectivity index (χ0) is 35.1. The Morgan fingerprint density at radius 1 is 0.537 bits per heavy atom. The van der Waals surface area contributed by atoms with E-state index in [-0.39, 0.29) is 6.04 Å². The van der Waals surface area contributed by atoms with E-state index in [1.165, 1.54) is 83.5 Å². The normalized spacial score (nSPS) is 18.6. The van der Waals surface area contributed by atoms with Crippen molar-refractivity contribution in [1.82, 2.24) is 14.1 Å². The molecule has 2 aliphatic carbocycles. The molecule has 0 fully saturated rings. The third-order valence-electron chi connectivity index (χ3n) is 12.6. The SMILES string of the molecule is C1=CCC2C(=C1)c1cc3c4ccccc4n(-c4ccccc4)c3cc1N2c1cccc2c1-c1ccccc1C21c2ccccc2-n2c1nc1ccccc12. The lowest BCUT2D eigenvalue weighted by Gasteiger charge is -2.31. The smallest absolute Gasteiger partial charge is 0.134 e. The Morgan fingerprint density at radius 3 is 2.20 bits per heavy atom. The Morgan fingerprint density at radius 2 is 1.28 bits per heavy atom. The van der Waals surface area contributed by atoms with Crippen molar-refractivity contribution in [2.45, 2.75) is 17.9 Å². The van der Waals surface area contributed by atoms with E-state index in [4.69, 9.17) is 4.98 Å². The van der Waals surface area contributed by atoms with Crippen molar-refractivity contribution < 1.29 is 0 Å². The molecule has 7 aromatic carbocycles. The number of imidazole rings is 1. The first-order valence-corrected chi connectivity index (χ1v) is 18.9. The molecule has 2 aliphatic heterocycles. The zero-order valence-corrected chi connectivity index (χ0v) is 29.3. The highest BCUT2D eigenvalue weighted by Crippen LogP contribution is 2.63. The molecule has 0 saturated heterocycles. The van der Waals surface area contributed by atoms with Crippen LogP contribution in [0.15, 0.2) is 176 Å². The van der Waals surface area contributed by atoms with Gasteiger partial charge in [-0.25, -0.2) is 4.98 Å². The molecule has 0 N–H and O–H groups in total. The van der Waals surface area contributed by atoms with Gasteiger partial charge in [0.15, 0.2) is 0 Å². The van der Waals surface area contributed by atoms with Crippen molar-refractivity contribution in [2.24, 2.45) is 0 Å². The van der Waals surface area contributed by atoms with Crippen LogP contribution in [-0.4, -0.2) is 20.2 Å². The molecule has 9 aromatic rings. The maximum atomic E-state index is 5.49. The van der Waals surface area contributed by atoms with Gasteiger partial charge in [0.1, 0.15) is 11.2 Å². The maximum Gasteiger partial charge on any atom is 0.134 e. The minimum Gasteiger partial charge on any atom is -0.332 e. The summed E-state index contributed by atoms with van der Waals surface area (Å²) in [7, 11) is 0. The molecule has 0 amide bonds. The monoisotopic (exact) mass is 688 g/mol. The summed E-state index contributed by atoms with van der Waals surface area (Å²) in [5.41, 5.74) is 18.1. The molecule has 2 unspecified atom stereocenters. The van der Waals surface area contributed by atoms with Gasteiger partial charge in [-0.2, -0.15) is 0 Å². The topological polar surface area (TPSA) is 26.0 Å². The summed E-state index contributed by atoms with van der Waals surface area (Å²) in [6, 6.07) is 58.4. The zero-order valence-electron chi connectivity index (χ0n) is 29.3. The van der Waals surface area contributed by atoms with Crippen LogP contribution < -0.4 is 4.90 Å².